The van der Waals surface area contributed by atoms with Crippen LogP contribution in [0.1, 0.15) is 51.0 Å². The van der Waals surface area contributed by atoms with Gasteiger partial charge < -0.3 is 9.80 Å². The highest BCUT2D eigenvalue weighted by atomic mass is 15.3. The highest BCUT2D eigenvalue weighted by molar-refractivity contribution is 5.26. The number of hydrogen-bond donors (Lipinski definition) is 0. The lowest BCUT2D eigenvalue weighted by molar-refractivity contribution is 0.0857. The zero-order valence-electron chi connectivity index (χ0n) is 15.8. The molecule has 1 aromatic heterocycles. The van der Waals surface area contributed by atoms with Crippen molar-refractivity contribution >= 4 is 5.95 Å². The summed E-state index contributed by atoms with van der Waals surface area (Å²) in [5, 5.41) is 0. The number of nitrogens with zero attached hydrogens (tertiary/aromatic N) is 5. The molecular formula is C19H33N5. The quantitative estimate of drug-likeness (QED) is 0.829. The Morgan fingerprint density at radius 1 is 1.12 bits per heavy atom. The molecule has 0 amide bonds. The van der Waals surface area contributed by atoms with Crippen LogP contribution in [0.5, 0.6) is 0 Å². The summed E-state index contributed by atoms with van der Waals surface area (Å²) in [7, 11) is 6.25. The van der Waals surface area contributed by atoms with Crippen LogP contribution < -0.4 is 4.90 Å². The maximum atomic E-state index is 4.50. The molecule has 2 fully saturated rings. The van der Waals surface area contributed by atoms with Crippen LogP contribution in [0.3, 0.4) is 0 Å². The van der Waals surface area contributed by atoms with Gasteiger partial charge in [-0.2, -0.15) is 0 Å². The number of hydrogen-bond acceptors (Lipinski definition) is 5. The summed E-state index contributed by atoms with van der Waals surface area (Å²) in [6, 6.07) is 0.690. The van der Waals surface area contributed by atoms with Crippen molar-refractivity contribution in [1.82, 2.24) is 19.8 Å². The Morgan fingerprint density at radius 3 is 2.38 bits per heavy atom. The highest BCUT2D eigenvalue weighted by Crippen LogP contribution is 2.43. The van der Waals surface area contributed by atoms with Gasteiger partial charge in [-0.05, 0) is 32.9 Å². The Kier molecular flexibility index (Phi) is 5.40. The van der Waals surface area contributed by atoms with Gasteiger partial charge in [0.2, 0.25) is 5.95 Å². The summed E-state index contributed by atoms with van der Waals surface area (Å²) in [6.45, 7) is 5.57. The Bertz CT molecular complexity index is 521. The van der Waals surface area contributed by atoms with Gasteiger partial charge in [-0.3, -0.25) is 4.90 Å². The van der Waals surface area contributed by atoms with Gasteiger partial charge in [-0.25, -0.2) is 9.97 Å². The number of likely N-dealkylation sites (tertiary alicyclic amines) is 1. The molecule has 5 heteroatoms. The molecule has 1 aliphatic carbocycles. The smallest absolute Gasteiger partial charge is 0.224 e. The topological polar surface area (TPSA) is 35.5 Å². The molecule has 0 N–H and O–H groups in total. The fraction of sp³-hybridized carbons (Fsp3) is 0.789. The summed E-state index contributed by atoms with van der Waals surface area (Å²) >= 11 is 0. The minimum atomic E-state index is 0.409. The maximum absolute atomic E-state index is 4.50. The lowest BCUT2D eigenvalue weighted by Crippen LogP contribution is -2.44. The minimum Gasteiger partial charge on any atom is -0.347 e. The molecule has 0 bridgehead atoms. The van der Waals surface area contributed by atoms with Crippen molar-refractivity contribution in [2.75, 3.05) is 39.1 Å². The molecule has 24 heavy (non-hydrogen) atoms. The van der Waals surface area contributed by atoms with Crippen LogP contribution in [-0.2, 0) is 6.54 Å². The molecule has 0 radical (unpaired) electrons. The molecule has 1 aromatic rings. The van der Waals surface area contributed by atoms with E-state index in [1.54, 1.807) is 0 Å². The third-order valence-electron chi connectivity index (χ3n) is 6.09. The van der Waals surface area contributed by atoms with Crippen molar-refractivity contribution in [1.29, 1.82) is 0 Å². The van der Waals surface area contributed by atoms with Crippen LogP contribution >= 0.6 is 0 Å². The molecule has 2 aliphatic rings. The van der Waals surface area contributed by atoms with Gasteiger partial charge in [-0.15, -0.1) is 0 Å². The van der Waals surface area contributed by atoms with E-state index in [1.807, 2.05) is 31.4 Å². The lowest BCUT2D eigenvalue weighted by atomic mass is 9.79. The van der Waals surface area contributed by atoms with E-state index in [0.29, 0.717) is 11.6 Å². The van der Waals surface area contributed by atoms with E-state index in [2.05, 4.69) is 33.7 Å². The second kappa shape index (κ2) is 7.36. The fourth-order valence-corrected chi connectivity index (χ4v) is 4.48. The van der Waals surface area contributed by atoms with Crippen molar-refractivity contribution in [2.45, 2.75) is 63.6 Å². The predicted molar refractivity (Wildman–Crippen MR) is 99.3 cm³/mol. The molecule has 1 saturated heterocycles. The zero-order chi connectivity index (χ0) is 17.2. The van der Waals surface area contributed by atoms with E-state index in [9.17, 15) is 0 Å². The molecule has 134 valence electrons. The first-order valence-corrected chi connectivity index (χ1v) is 9.47. The summed E-state index contributed by atoms with van der Waals surface area (Å²) in [5.41, 5.74) is 1.65. The van der Waals surface area contributed by atoms with Crippen molar-refractivity contribution in [3.63, 3.8) is 0 Å². The standard InChI is InChI=1S/C19H33N5/c1-5-23(4)17-11-19(9-7-6-8-10-19)24(15-17)14-16-12-20-18(21-13-16)22(2)3/h12-13,17H,5-11,14-15H2,1-4H3. The first-order valence-electron chi connectivity index (χ1n) is 9.47. The average Bonchev–Trinajstić information content (AvgIpc) is 2.93. The van der Waals surface area contributed by atoms with Crippen LogP contribution in [0.15, 0.2) is 12.4 Å². The summed E-state index contributed by atoms with van der Waals surface area (Å²) in [5.74, 6) is 0.788. The van der Waals surface area contributed by atoms with Gasteiger partial charge in [0.15, 0.2) is 0 Å². The predicted octanol–water partition coefficient (Wildman–Crippen LogP) is 2.77. The van der Waals surface area contributed by atoms with E-state index in [-0.39, 0.29) is 0 Å². The van der Waals surface area contributed by atoms with Gasteiger partial charge in [0.1, 0.15) is 0 Å². The first kappa shape index (κ1) is 17.6. The normalized spacial score (nSPS) is 24.0. The fourth-order valence-electron chi connectivity index (χ4n) is 4.48. The van der Waals surface area contributed by atoms with Crippen molar-refractivity contribution in [2.24, 2.45) is 0 Å². The molecule has 1 atom stereocenters. The Morgan fingerprint density at radius 2 is 1.79 bits per heavy atom. The number of aromatic nitrogens is 2. The van der Waals surface area contributed by atoms with Gasteiger partial charge in [0.25, 0.3) is 0 Å². The van der Waals surface area contributed by atoms with E-state index < -0.39 is 0 Å². The SMILES string of the molecule is CCN(C)C1CN(Cc2cnc(N(C)C)nc2)C2(CCCCC2)C1. The van der Waals surface area contributed by atoms with Crippen LogP contribution in [0.4, 0.5) is 5.95 Å². The van der Waals surface area contributed by atoms with E-state index >= 15 is 0 Å². The summed E-state index contributed by atoms with van der Waals surface area (Å²) < 4.78 is 0. The molecule has 1 unspecified atom stereocenters. The van der Waals surface area contributed by atoms with Gasteiger partial charge in [-0.1, -0.05) is 26.2 Å². The molecule has 3 rings (SSSR count). The third kappa shape index (κ3) is 3.57. The summed E-state index contributed by atoms with van der Waals surface area (Å²) in [4.78, 5) is 16.2. The van der Waals surface area contributed by atoms with Gasteiger partial charge in [0.05, 0.1) is 0 Å². The number of likely N-dealkylation sites (N-methyl/N-ethyl adjacent to an activating group) is 1. The molecule has 1 aliphatic heterocycles. The van der Waals surface area contributed by atoms with Gasteiger partial charge in [0, 0.05) is 56.7 Å². The monoisotopic (exact) mass is 331 g/mol. The maximum Gasteiger partial charge on any atom is 0.224 e. The minimum absolute atomic E-state index is 0.409. The third-order valence-corrected chi connectivity index (χ3v) is 6.09. The van der Waals surface area contributed by atoms with Crippen LogP contribution in [0, 0.1) is 0 Å². The molecule has 1 saturated carbocycles. The molecule has 5 nitrogen and oxygen atoms in total. The molecular weight excluding hydrogens is 298 g/mol. The second-order valence-electron chi connectivity index (χ2n) is 7.88. The lowest BCUT2D eigenvalue weighted by Gasteiger charge is -2.41. The van der Waals surface area contributed by atoms with Crippen molar-refractivity contribution in [3.8, 4) is 0 Å². The van der Waals surface area contributed by atoms with E-state index in [4.69, 9.17) is 0 Å². The van der Waals surface area contributed by atoms with Crippen molar-refractivity contribution < 1.29 is 0 Å². The molecule has 1 spiro atoms. The number of rotatable bonds is 5. The van der Waals surface area contributed by atoms with Gasteiger partial charge >= 0.3 is 0 Å². The number of anilines is 1. The Balaban J connectivity index is 1.75. The van der Waals surface area contributed by atoms with Crippen molar-refractivity contribution in [3.05, 3.63) is 18.0 Å². The summed E-state index contributed by atoms with van der Waals surface area (Å²) in [6.07, 6.45) is 12.2. The van der Waals surface area contributed by atoms with E-state index in [1.165, 1.54) is 50.6 Å². The molecule has 2 heterocycles. The van der Waals surface area contributed by atoms with Crippen LogP contribution in [-0.4, -0.2) is 65.6 Å². The highest BCUT2D eigenvalue weighted by Gasteiger charge is 2.46. The van der Waals surface area contributed by atoms with Crippen LogP contribution in [0.25, 0.3) is 0 Å². The zero-order valence-corrected chi connectivity index (χ0v) is 15.8. The Hall–Kier alpha value is -1.20. The Labute approximate surface area is 147 Å². The second-order valence-corrected chi connectivity index (χ2v) is 7.88. The van der Waals surface area contributed by atoms with Crippen LogP contribution in [0.2, 0.25) is 0 Å². The largest absolute Gasteiger partial charge is 0.347 e. The van der Waals surface area contributed by atoms with E-state index in [0.717, 1.165) is 19.0 Å². The molecule has 0 aromatic carbocycles. The average molecular weight is 332 g/mol. The first-order chi connectivity index (χ1) is 11.5.